The maximum Gasteiger partial charge on any atom is 0.251 e. The zero-order valence-electron chi connectivity index (χ0n) is 11.7. The molecule has 2 aliphatic heterocycles. The van der Waals surface area contributed by atoms with Crippen molar-refractivity contribution >= 4 is 11.6 Å². The Morgan fingerprint density at radius 2 is 1.81 bits per heavy atom. The smallest absolute Gasteiger partial charge is 0.251 e. The Bertz CT molecular complexity index is 504. The Kier molecular flexibility index (Phi) is 4.05. The first-order chi connectivity index (χ1) is 10.2. The summed E-state index contributed by atoms with van der Waals surface area (Å²) in [6.07, 6.45) is 1.35. The van der Waals surface area contributed by atoms with Gasteiger partial charge in [0.05, 0.1) is 0 Å². The highest BCUT2D eigenvalue weighted by Gasteiger charge is 2.31. The Morgan fingerprint density at radius 3 is 2.38 bits per heavy atom. The van der Waals surface area contributed by atoms with Gasteiger partial charge in [0, 0.05) is 32.8 Å². The molecule has 2 saturated heterocycles. The fourth-order valence-corrected chi connectivity index (χ4v) is 2.92. The molecule has 0 bridgehead atoms. The summed E-state index contributed by atoms with van der Waals surface area (Å²) in [6, 6.07) is 3.86. The lowest BCUT2D eigenvalue weighted by Crippen LogP contribution is -2.51. The van der Waals surface area contributed by atoms with E-state index in [0.29, 0.717) is 32.8 Å². The maximum absolute atomic E-state index is 13.8. The van der Waals surface area contributed by atoms with Gasteiger partial charge in [0.25, 0.3) is 5.91 Å². The van der Waals surface area contributed by atoms with E-state index in [9.17, 15) is 13.6 Å². The highest BCUT2D eigenvalue weighted by Crippen LogP contribution is 2.25. The predicted molar refractivity (Wildman–Crippen MR) is 74.1 cm³/mol. The van der Waals surface area contributed by atoms with Gasteiger partial charge < -0.3 is 14.5 Å². The fourth-order valence-electron chi connectivity index (χ4n) is 2.92. The number of carbonyl (C=O) groups is 1. The number of amides is 1. The van der Waals surface area contributed by atoms with Crippen molar-refractivity contribution in [2.45, 2.75) is 18.9 Å². The number of ether oxygens (including phenoxy) is 1. The van der Waals surface area contributed by atoms with Crippen molar-refractivity contribution in [2.75, 3.05) is 37.7 Å². The summed E-state index contributed by atoms with van der Waals surface area (Å²) in [6.45, 7) is 2.42. The van der Waals surface area contributed by atoms with Crippen molar-refractivity contribution in [3.05, 3.63) is 29.8 Å². The summed E-state index contributed by atoms with van der Waals surface area (Å²) in [5, 5.41) is 0. The lowest BCUT2D eigenvalue weighted by atomic mass is 10.2. The van der Waals surface area contributed by atoms with E-state index in [4.69, 9.17) is 4.74 Å². The largest absolute Gasteiger partial charge is 0.368 e. The number of halogens is 2. The normalized spacial score (nSPS) is 22.7. The average molecular weight is 296 g/mol. The minimum atomic E-state index is -0.561. The lowest BCUT2D eigenvalue weighted by Gasteiger charge is -2.37. The Morgan fingerprint density at radius 1 is 1.14 bits per heavy atom. The second-order valence-corrected chi connectivity index (χ2v) is 5.38. The Labute approximate surface area is 122 Å². The van der Waals surface area contributed by atoms with E-state index < -0.39 is 11.6 Å². The SMILES string of the molecule is O=C(C1CCCO1)N1CCN(c2c(F)cccc2F)CC1. The first-order valence-corrected chi connectivity index (χ1v) is 7.26. The summed E-state index contributed by atoms with van der Waals surface area (Å²) < 4.78 is 32.9. The number of hydrogen-bond acceptors (Lipinski definition) is 3. The number of nitrogens with zero attached hydrogens (tertiary/aromatic N) is 2. The van der Waals surface area contributed by atoms with Crippen molar-refractivity contribution in [2.24, 2.45) is 0 Å². The van der Waals surface area contributed by atoms with E-state index in [1.165, 1.54) is 18.2 Å². The number of carbonyl (C=O) groups excluding carboxylic acids is 1. The van der Waals surface area contributed by atoms with Crippen molar-refractivity contribution in [1.82, 2.24) is 4.90 Å². The molecule has 2 heterocycles. The molecule has 0 spiro atoms. The second kappa shape index (κ2) is 5.97. The molecular formula is C15H18F2N2O2. The minimum absolute atomic E-state index is 0.00107. The first-order valence-electron chi connectivity index (χ1n) is 7.26. The molecule has 4 nitrogen and oxygen atoms in total. The number of para-hydroxylation sites is 1. The Balaban J connectivity index is 1.63. The molecule has 0 radical (unpaired) electrons. The van der Waals surface area contributed by atoms with Crippen LogP contribution in [0.3, 0.4) is 0 Å². The summed E-state index contributed by atoms with van der Waals surface area (Å²) in [5.74, 6) is -1.12. The van der Waals surface area contributed by atoms with Crippen LogP contribution < -0.4 is 4.90 Å². The number of piperazine rings is 1. The van der Waals surface area contributed by atoms with Gasteiger partial charge in [-0.1, -0.05) is 6.07 Å². The first kappa shape index (κ1) is 14.3. The van der Waals surface area contributed by atoms with Crippen molar-refractivity contribution in [1.29, 1.82) is 0 Å². The van der Waals surface area contributed by atoms with Gasteiger partial charge in [0.15, 0.2) is 0 Å². The molecular weight excluding hydrogens is 278 g/mol. The zero-order chi connectivity index (χ0) is 14.8. The highest BCUT2D eigenvalue weighted by atomic mass is 19.1. The van der Waals surface area contributed by atoms with Crippen LogP contribution in [0.2, 0.25) is 0 Å². The van der Waals surface area contributed by atoms with Gasteiger partial charge in [0.2, 0.25) is 0 Å². The lowest BCUT2D eigenvalue weighted by molar-refractivity contribution is -0.141. The predicted octanol–water partition coefficient (Wildman–Crippen LogP) is 1.79. The van der Waals surface area contributed by atoms with E-state index in [0.717, 1.165) is 12.8 Å². The zero-order valence-corrected chi connectivity index (χ0v) is 11.7. The standard InChI is InChI=1S/C15H18F2N2O2/c16-11-3-1-4-12(17)14(11)18-6-8-19(9-7-18)15(20)13-5-2-10-21-13/h1,3-4,13H,2,5-10H2. The highest BCUT2D eigenvalue weighted by molar-refractivity contribution is 5.81. The molecule has 21 heavy (non-hydrogen) atoms. The van der Waals surface area contributed by atoms with Gasteiger partial charge in [-0.2, -0.15) is 0 Å². The van der Waals surface area contributed by atoms with Crippen molar-refractivity contribution in [3.8, 4) is 0 Å². The number of hydrogen-bond donors (Lipinski definition) is 0. The van der Waals surface area contributed by atoms with Crippen molar-refractivity contribution in [3.63, 3.8) is 0 Å². The second-order valence-electron chi connectivity index (χ2n) is 5.38. The van der Waals surface area contributed by atoms with Crippen LogP contribution in [0, 0.1) is 11.6 Å². The molecule has 2 fully saturated rings. The molecule has 114 valence electrons. The molecule has 0 aliphatic carbocycles. The van der Waals surface area contributed by atoms with E-state index in [1.807, 2.05) is 0 Å². The summed E-state index contributed by atoms with van der Waals surface area (Å²) in [5.41, 5.74) is 0.00159. The van der Waals surface area contributed by atoms with Gasteiger partial charge >= 0.3 is 0 Å². The van der Waals surface area contributed by atoms with Crippen molar-refractivity contribution < 1.29 is 18.3 Å². The van der Waals surface area contributed by atoms with Crippen LogP contribution in [0.4, 0.5) is 14.5 Å². The van der Waals surface area contributed by atoms with Crippen LogP contribution in [0.5, 0.6) is 0 Å². The molecule has 0 aromatic heterocycles. The van der Waals surface area contributed by atoms with Crippen LogP contribution in [0.25, 0.3) is 0 Å². The maximum atomic E-state index is 13.8. The average Bonchev–Trinajstić information content (AvgIpc) is 3.01. The summed E-state index contributed by atoms with van der Waals surface area (Å²) in [4.78, 5) is 15.6. The summed E-state index contributed by atoms with van der Waals surface area (Å²) >= 11 is 0. The molecule has 3 rings (SSSR count). The summed E-state index contributed by atoms with van der Waals surface area (Å²) in [7, 11) is 0. The van der Waals surface area contributed by atoms with Crippen LogP contribution in [0.1, 0.15) is 12.8 Å². The molecule has 1 aromatic carbocycles. The van der Waals surface area contributed by atoms with Crippen LogP contribution >= 0.6 is 0 Å². The van der Waals surface area contributed by atoms with E-state index >= 15 is 0 Å². The molecule has 0 saturated carbocycles. The molecule has 1 amide bonds. The van der Waals surface area contributed by atoms with Gasteiger partial charge in [-0.15, -0.1) is 0 Å². The van der Waals surface area contributed by atoms with E-state index in [-0.39, 0.29) is 17.7 Å². The molecule has 0 N–H and O–H groups in total. The van der Waals surface area contributed by atoms with Gasteiger partial charge in [-0.3, -0.25) is 4.79 Å². The van der Waals surface area contributed by atoms with Crippen LogP contribution in [-0.2, 0) is 9.53 Å². The van der Waals surface area contributed by atoms with E-state index in [1.54, 1.807) is 9.80 Å². The molecule has 6 heteroatoms. The van der Waals surface area contributed by atoms with Crippen LogP contribution in [-0.4, -0.2) is 49.7 Å². The monoisotopic (exact) mass is 296 g/mol. The molecule has 2 aliphatic rings. The fraction of sp³-hybridized carbons (Fsp3) is 0.533. The topological polar surface area (TPSA) is 32.8 Å². The van der Waals surface area contributed by atoms with Gasteiger partial charge in [-0.05, 0) is 25.0 Å². The quantitative estimate of drug-likeness (QED) is 0.834. The Hall–Kier alpha value is -1.69. The van der Waals surface area contributed by atoms with Gasteiger partial charge in [0.1, 0.15) is 23.4 Å². The number of benzene rings is 1. The molecule has 1 atom stereocenters. The third-order valence-electron chi connectivity index (χ3n) is 4.05. The van der Waals surface area contributed by atoms with Gasteiger partial charge in [-0.25, -0.2) is 8.78 Å². The molecule has 1 unspecified atom stereocenters. The number of anilines is 1. The third kappa shape index (κ3) is 2.85. The minimum Gasteiger partial charge on any atom is -0.368 e. The molecule has 1 aromatic rings. The van der Waals surface area contributed by atoms with Crippen LogP contribution in [0.15, 0.2) is 18.2 Å². The number of rotatable bonds is 2. The third-order valence-corrected chi connectivity index (χ3v) is 4.05. The van der Waals surface area contributed by atoms with E-state index in [2.05, 4.69) is 0 Å².